The maximum absolute atomic E-state index is 11.5. The second kappa shape index (κ2) is 4.71. The fourth-order valence-corrected chi connectivity index (χ4v) is 2.41. The van der Waals surface area contributed by atoms with E-state index < -0.39 is 0 Å². The van der Waals surface area contributed by atoms with Gasteiger partial charge >= 0.3 is 0 Å². The molecule has 0 heterocycles. The number of Topliss-reactive ketones (excluding diaryl/α,β-unsaturated/α-hetero) is 1. The number of rotatable bonds is 5. The molecule has 0 saturated heterocycles. The number of thioether (sulfide) groups is 1. The van der Waals surface area contributed by atoms with Crippen molar-refractivity contribution >= 4 is 17.5 Å². The predicted octanol–water partition coefficient (Wildman–Crippen LogP) is 2.77. The van der Waals surface area contributed by atoms with Gasteiger partial charge in [-0.2, -0.15) is 0 Å². The van der Waals surface area contributed by atoms with Crippen molar-refractivity contribution in [3.63, 3.8) is 0 Å². The van der Waals surface area contributed by atoms with Gasteiger partial charge in [-0.1, -0.05) is 12.1 Å². The lowest BCUT2D eigenvalue weighted by molar-refractivity contribution is -0.117. The highest BCUT2D eigenvalue weighted by atomic mass is 32.2. The Labute approximate surface area is 94.0 Å². The lowest BCUT2D eigenvalue weighted by Gasteiger charge is -2.06. The number of hydrogen-bond donors (Lipinski definition) is 0. The summed E-state index contributed by atoms with van der Waals surface area (Å²) in [5.74, 6) is 2.16. The Hall–Kier alpha value is -0.960. The number of carbonyl (C=O) groups excluding carboxylic acids is 1. The molecule has 1 aromatic carbocycles. The van der Waals surface area contributed by atoms with E-state index in [0.29, 0.717) is 17.5 Å². The molecule has 1 aliphatic carbocycles. The Balaban J connectivity index is 1.94. The Bertz CT molecular complexity index is 358. The van der Waals surface area contributed by atoms with Gasteiger partial charge in [-0.25, -0.2) is 0 Å². The number of benzene rings is 1. The van der Waals surface area contributed by atoms with Crippen molar-refractivity contribution in [2.45, 2.75) is 17.7 Å². The van der Waals surface area contributed by atoms with Crippen LogP contribution in [0.1, 0.15) is 12.8 Å². The summed E-state index contributed by atoms with van der Waals surface area (Å²) < 4.78 is 5.22. The van der Waals surface area contributed by atoms with Crippen LogP contribution in [0, 0.1) is 5.92 Å². The van der Waals surface area contributed by atoms with Crippen LogP contribution < -0.4 is 4.74 Å². The van der Waals surface area contributed by atoms with Crippen molar-refractivity contribution in [1.82, 2.24) is 0 Å². The van der Waals surface area contributed by atoms with Crippen LogP contribution in [-0.2, 0) is 4.79 Å². The molecular formula is C12H14O2S. The lowest BCUT2D eigenvalue weighted by Crippen LogP contribution is -2.03. The van der Waals surface area contributed by atoms with Gasteiger partial charge in [0.05, 0.1) is 12.9 Å². The molecule has 2 rings (SSSR count). The third kappa shape index (κ3) is 2.75. The highest BCUT2D eigenvalue weighted by Gasteiger charge is 2.29. The van der Waals surface area contributed by atoms with Crippen LogP contribution in [0.15, 0.2) is 29.2 Å². The highest BCUT2D eigenvalue weighted by molar-refractivity contribution is 8.00. The number of methoxy groups -OCH3 is 1. The van der Waals surface area contributed by atoms with Crippen molar-refractivity contribution in [3.8, 4) is 5.75 Å². The normalized spacial score (nSPS) is 15.0. The molecule has 0 N–H and O–H groups in total. The zero-order valence-electron chi connectivity index (χ0n) is 8.73. The molecule has 80 valence electrons. The quantitative estimate of drug-likeness (QED) is 0.717. The third-order valence-corrected chi connectivity index (χ3v) is 3.55. The van der Waals surface area contributed by atoms with Crippen LogP contribution in [0.25, 0.3) is 0 Å². The number of para-hydroxylation sites is 1. The molecule has 1 aliphatic rings. The first-order valence-electron chi connectivity index (χ1n) is 5.10. The maximum Gasteiger partial charge on any atom is 0.146 e. The Morgan fingerprint density at radius 2 is 2.20 bits per heavy atom. The molecule has 0 atom stereocenters. The summed E-state index contributed by atoms with van der Waals surface area (Å²) in [5.41, 5.74) is 0. The second-order valence-corrected chi connectivity index (χ2v) is 4.70. The van der Waals surface area contributed by atoms with Crippen LogP contribution >= 0.6 is 11.8 Å². The number of carbonyl (C=O) groups is 1. The first kappa shape index (κ1) is 10.6. The summed E-state index contributed by atoms with van der Waals surface area (Å²) in [7, 11) is 1.65. The summed E-state index contributed by atoms with van der Waals surface area (Å²) in [6, 6.07) is 7.81. The van der Waals surface area contributed by atoms with E-state index in [-0.39, 0.29) is 0 Å². The summed E-state index contributed by atoms with van der Waals surface area (Å²) in [5, 5.41) is 0. The summed E-state index contributed by atoms with van der Waals surface area (Å²) in [6.07, 6.45) is 2.18. The van der Waals surface area contributed by atoms with E-state index in [0.717, 1.165) is 23.5 Å². The fraction of sp³-hybridized carbons (Fsp3) is 0.417. The summed E-state index contributed by atoms with van der Waals surface area (Å²) in [4.78, 5) is 12.6. The monoisotopic (exact) mass is 222 g/mol. The van der Waals surface area contributed by atoms with Gasteiger partial charge in [0.25, 0.3) is 0 Å². The van der Waals surface area contributed by atoms with Gasteiger partial charge in [0, 0.05) is 10.8 Å². The lowest BCUT2D eigenvalue weighted by atomic mass is 10.3. The van der Waals surface area contributed by atoms with Gasteiger partial charge in [-0.05, 0) is 25.0 Å². The van der Waals surface area contributed by atoms with Crippen molar-refractivity contribution in [3.05, 3.63) is 24.3 Å². The van der Waals surface area contributed by atoms with E-state index in [1.54, 1.807) is 18.9 Å². The van der Waals surface area contributed by atoms with Gasteiger partial charge in [-0.3, -0.25) is 4.79 Å². The molecule has 0 aromatic heterocycles. The van der Waals surface area contributed by atoms with Gasteiger partial charge in [-0.15, -0.1) is 11.8 Å². The summed E-state index contributed by atoms with van der Waals surface area (Å²) in [6.45, 7) is 0. The van der Waals surface area contributed by atoms with Gasteiger partial charge in [0.15, 0.2) is 0 Å². The molecule has 1 aromatic rings. The first-order valence-corrected chi connectivity index (χ1v) is 6.08. The van der Waals surface area contributed by atoms with Gasteiger partial charge < -0.3 is 4.74 Å². The SMILES string of the molecule is COc1ccccc1SCC(=O)C1CC1. The van der Waals surface area contributed by atoms with Crippen molar-refractivity contribution in [2.75, 3.05) is 12.9 Å². The van der Waals surface area contributed by atoms with E-state index in [1.807, 2.05) is 24.3 Å². The maximum atomic E-state index is 11.5. The molecule has 0 radical (unpaired) electrons. The minimum Gasteiger partial charge on any atom is -0.496 e. The average molecular weight is 222 g/mol. The molecular weight excluding hydrogens is 208 g/mol. The number of ether oxygens (including phenoxy) is 1. The largest absolute Gasteiger partial charge is 0.496 e. The van der Waals surface area contributed by atoms with Crippen LogP contribution in [0.2, 0.25) is 0 Å². The fourth-order valence-electron chi connectivity index (χ4n) is 1.41. The first-order chi connectivity index (χ1) is 7.31. The molecule has 1 saturated carbocycles. The van der Waals surface area contributed by atoms with Crippen molar-refractivity contribution < 1.29 is 9.53 Å². The molecule has 0 unspecified atom stereocenters. The molecule has 2 nitrogen and oxygen atoms in total. The van der Waals surface area contributed by atoms with Crippen LogP contribution in [-0.4, -0.2) is 18.6 Å². The molecule has 1 fully saturated rings. The average Bonchev–Trinajstić information content (AvgIpc) is 3.10. The van der Waals surface area contributed by atoms with E-state index >= 15 is 0 Å². The Morgan fingerprint density at radius 1 is 1.47 bits per heavy atom. The van der Waals surface area contributed by atoms with E-state index in [1.165, 1.54) is 0 Å². The van der Waals surface area contributed by atoms with E-state index in [4.69, 9.17) is 4.74 Å². The number of ketones is 1. The van der Waals surface area contributed by atoms with E-state index in [2.05, 4.69) is 0 Å². The summed E-state index contributed by atoms with van der Waals surface area (Å²) >= 11 is 1.57. The molecule has 15 heavy (non-hydrogen) atoms. The van der Waals surface area contributed by atoms with Gasteiger partial charge in [0.1, 0.15) is 11.5 Å². The van der Waals surface area contributed by atoms with E-state index in [9.17, 15) is 4.79 Å². The predicted molar refractivity (Wildman–Crippen MR) is 61.4 cm³/mol. The smallest absolute Gasteiger partial charge is 0.146 e. The van der Waals surface area contributed by atoms with Crippen LogP contribution in [0.5, 0.6) is 5.75 Å². The Kier molecular flexibility index (Phi) is 3.31. The molecule has 0 bridgehead atoms. The molecule has 3 heteroatoms. The van der Waals surface area contributed by atoms with Crippen LogP contribution in [0.4, 0.5) is 0 Å². The zero-order valence-corrected chi connectivity index (χ0v) is 9.55. The zero-order chi connectivity index (χ0) is 10.7. The van der Waals surface area contributed by atoms with Crippen LogP contribution in [0.3, 0.4) is 0 Å². The van der Waals surface area contributed by atoms with Crippen molar-refractivity contribution in [2.24, 2.45) is 5.92 Å². The van der Waals surface area contributed by atoms with Gasteiger partial charge in [0.2, 0.25) is 0 Å². The second-order valence-electron chi connectivity index (χ2n) is 3.68. The minimum atomic E-state index is 0.354. The molecule has 0 amide bonds. The highest BCUT2D eigenvalue weighted by Crippen LogP contribution is 2.34. The third-order valence-electron chi connectivity index (χ3n) is 2.47. The number of hydrogen-bond acceptors (Lipinski definition) is 3. The molecule has 0 spiro atoms. The topological polar surface area (TPSA) is 26.3 Å². The standard InChI is InChI=1S/C12H14O2S/c1-14-11-4-2-3-5-12(11)15-8-10(13)9-6-7-9/h2-5,9H,6-8H2,1H3. The Morgan fingerprint density at radius 3 is 2.87 bits per heavy atom. The molecule has 0 aliphatic heterocycles. The minimum absolute atomic E-state index is 0.354. The van der Waals surface area contributed by atoms with Crippen molar-refractivity contribution in [1.29, 1.82) is 0 Å².